The summed E-state index contributed by atoms with van der Waals surface area (Å²) >= 11 is 0. The van der Waals surface area contributed by atoms with Crippen molar-refractivity contribution in [1.29, 1.82) is 0 Å². The predicted molar refractivity (Wildman–Crippen MR) is 238 cm³/mol. The van der Waals surface area contributed by atoms with E-state index in [0.29, 0.717) is 80.0 Å². The van der Waals surface area contributed by atoms with E-state index >= 15 is 0 Å². The van der Waals surface area contributed by atoms with Crippen LogP contribution in [0.15, 0.2) is 139 Å². The van der Waals surface area contributed by atoms with Crippen LogP contribution in [0.25, 0.3) is 12.2 Å². The fourth-order valence-corrected chi connectivity index (χ4v) is 5.29. The first kappa shape index (κ1) is 47.1. The van der Waals surface area contributed by atoms with Gasteiger partial charge in [-0.15, -0.1) is 0 Å². The van der Waals surface area contributed by atoms with E-state index < -0.39 is 23.9 Å². The van der Waals surface area contributed by atoms with Crippen molar-refractivity contribution >= 4 is 48.0 Å². The van der Waals surface area contributed by atoms with Crippen LogP contribution in [0.1, 0.15) is 61.3 Å². The molecule has 62 heavy (non-hydrogen) atoms. The molecule has 0 unspecified atom stereocenters. The highest BCUT2D eigenvalue weighted by Gasteiger charge is 2.10. The zero-order valence-electron chi connectivity index (χ0n) is 34.9. The lowest BCUT2D eigenvalue weighted by Crippen LogP contribution is -2.05. The number of rotatable bonds is 25. The Morgan fingerprint density at radius 1 is 0.565 bits per heavy atom. The van der Waals surface area contributed by atoms with Gasteiger partial charge in [-0.2, -0.15) is 10.2 Å². The molecule has 0 heterocycles. The van der Waals surface area contributed by atoms with E-state index in [-0.39, 0.29) is 5.75 Å². The Balaban J connectivity index is 1.21. The van der Waals surface area contributed by atoms with Crippen LogP contribution >= 0.6 is 0 Å². The molecule has 0 amide bonds. The molecule has 0 bridgehead atoms. The van der Waals surface area contributed by atoms with Gasteiger partial charge in [0.05, 0.1) is 45.5 Å². The van der Waals surface area contributed by atoms with Crippen molar-refractivity contribution < 1.29 is 52.3 Å². The van der Waals surface area contributed by atoms with E-state index in [9.17, 15) is 19.2 Å². The molecule has 0 saturated carbocycles. The maximum atomic E-state index is 12.6. The van der Waals surface area contributed by atoms with Gasteiger partial charge in [0.1, 0.15) is 17.2 Å². The Bertz CT molecular complexity index is 2220. The molecule has 0 radical (unpaired) electrons. The summed E-state index contributed by atoms with van der Waals surface area (Å²) in [6.07, 6.45) is 13.2. The van der Waals surface area contributed by atoms with Crippen LogP contribution < -0.4 is 23.7 Å². The van der Waals surface area contributed by atoms with Crippen molar-refractivity contribution in [2.45, 2.75) is 39.0 Å². The second-order valence-electron chi connectivity index (χ2n) is 13.1. The van der Waals surface area contributed by atoms with Gasteiger partial charge in [-0.05, 0) is 133 Å². The fraction of sp³-hybridized carbons (Fsp3) is 0.224. The summed E-state index contributed by atoms with van der Waals surface area (Å²) in [5.74, 6) is 0.351. The molecule has 322 valence electrons. The maximum Gasteiger partial charge on any atom is 0.336 e. The van der Waals surface area contributed by atoms with Gasteiger partial charge in [-0.25, -0.2) is 19.2 Å². The van der Waals surface area contributed by atoms with Crippen molar-refractivity contribution in [3.8, 4) is 28.7 Å². The molecule has 0 atom stereocenters. The number of carbonyl (C=O) groups is 4. The molecule has 0 saturated heterocycles. The van der Waals surface area contributed by atoms with E-state index in [4.69, 9.17) is 33.2 Å². The number of ether oxygens (including phenoxy) is 7. The van der Waals surface area contributed by atoms with Gasteiger partial charge in [0, 0.05) is 24.3 Å². The molecule has 0 aliphatic carbocycles. The second-order valence-corrected chi connectivity index (χ2v) is 13.1. The highest BCUT2D eigenvalue weighted by atomic mass is 16.6. The lowest BCUT2D eigenvalue weighted by atomic mass is 10.1. The summed E-state index contributed by atoms with van der Waals surface area (Å²) in [6, 6.07) is 26.5. The highest BCUT2D eigenvalue weighted by Crippen LogP contribution is 2.28. The summed E-state index contributed by atoms with van der Waals surface area (Å²) in [5, 5.41) is 8.66. The van der Waals surface area contributed by atoms with E-state index in [0.717, 1.165) is 41.7 Å². The molecule has 0 aliphatic rings. The molecular formula is C49H50N2O11. The minimum absolute atomic E-state index is 0.242. The highest BCUT2D eigenvalue weighted by molar-refractivity contribution is 6.01. The van der Waals surface area contributed by atoms with Crippen molar-refractivity contribution in [1.82, 2.24) is 0 Å². The summed E-state index contributed by atoms with van der Waals surface area (Å²) in [6.45, 7) is 10.3. The van der Waals surface area contributed by atoms with E-state index in [1.54, 1.807) is 73.0 Å². The van der Waals surface area contributed by atoms with Gasteiger partial charge in [-0.3, -0.25) is 0 Å². The topological polar surface area (TPSA) is 158 Å². The fourth-order valence-electron chi connectivity index (χ4n) is 5.29. The Hall–Kier alpha value is -7.54. The first-order chi connectivity index (χ1) is 30.2. The molecule has 4 aromatic rings. The zero-order valence-corrected chi connectivity index (χ0v) is 34.9. The summed E-state index contributed by atoms with van der Waals surface area (Å²) < 4.78 is 37.8. The third kappa shape index (κ3) is 17.4. The Morgan fingerprint density at radius 2 is 1.05 bits per heavy atom. The van der Waals surface area contributed by atoms with Gasteiger partial charge in [0.25, 0.3) is 0 Å². The molecule has 13 heteroatoms. The standard InChI is InChI=1S/C49H50N2O11/c1-5-43(39-19-25-42(26-20-39)61-48(54)28-17-36-12-21-40(22-13-36)57-30-8-10-32-59-46(52)6-2)51-50-35-38-16-27-44(45(34-38)56-4)62-49(55)29-18-37-14-23-41(24-15-37)58-31-9-11-33-60-47(53)7-3/h6-7,12-29,34-35H,2-3,5,8-11,30-33H2,1,4H3/b28-17+,29-18+,50-35+,51-43+. The van der Waals surface area contributed by atoms with Crippen LogP contribution in [-0.2, 0) is 28.7 Å². The largest absolute Gasteiger partial charge is 0.494 e. The Labute approximate surface area is 361 Å². The van der Waals surface area contributed by atoms with Crippen molar-refractivity contribution in [3.05, 3.63) is 151 Å². The van der Waals surface area contributed by atoms with Crippen LogP contribution in [0.4, 0.5) is 0 Å². The number of hydrogen-bond acceptors (Lipinski definition) is 13. The number of hydrogen-bond donors (Lipinski definition) is 0. The second kappa shape index (κ2) is 26.5. The summed E-state index contributed by atoms with van der Waals surface area (Å²) in [4.78, 5) is 47.3. The van der Waals surface area contributed by atoms with Crippen LogP contribution in [0.3, 0.4) is 0 Å². The molecule has 0 fully saturated rings. The lowest BCUT2D eigenvalue weighted by Gasteiger charge is -2.08. The minimum atomic E-state index is -0.582. The van der Waals surface area contributed by atoms with Crippen LogP contribution in [-0.4, -0.2) is 69.3 Å². The molecule has 0 aliphatic heterocycles. The van der Waals surface area contributed by atoms with Crippen LogP contribution in [0.5, 0.6) is 28.7 Å². The van der Waals surface area contributed by atoms with Gasteiger partial charge in [0.2, 0.25) is 0 Å². The number of carbonyl (C=O) groups excluding carboxylic acids is 4. The number of nitrogens with zero attached hydrogens (tertiary/aromatic N) is 2. The summed E-state index contributed by atoms with van der Waals surface area (Å²) in [7, 11) is 1.48. The number of methoxy groups -OCH3 is 1. The third-order valence-corrected chi connectivity index (χ3v) is 8.55. The smallest absolute Gasteiger partial charge is 0.336 e. The van der Waals surface area contributed by atoms with E-state index in [1.165, 1.54) is 19.3 Å². The number of unbranched alkanes of at least 4 members (excludes halogenated alkanes) is 2. The average Bonchev–Trinajstić information content (AvgIpc) is 3.30. The van der Waals surface area contributed by atoms with Crippen molar-refractivity contribution in [2.24, 2.45) is 10.2 Å². The third-order valence-electron chi connectivity index (χ3n) is 8.55. The van der Waals surface area contributed by atoms with Crippen LogP contribution in [0, 0.1) is 0 Å². The molecule has 13 nitrogen and oxygen atoms in total. The van der Waals surface area contributed by atoms with E-state index in [1.807, 2.05) is 43.3 Å². The zero-order chi connectivity index (χ0) is 44.4. The normalized spacial score (nSPS) is 11.3. The molecule has 0 N–H and O–H groups in total. The van der Waals surface area contributed by atoms with Crippen molar-refractivity contribution in [3.63, 3.8) is 0 Å². The van der Waals surface area contributed by atoms with Crippen LogP contribution in [0.2, 0.25) is 0 Å². The molecular weight excluding hydrogens is 793 g/mol. The Morgan fingerprint density at radius 3 is 1.55 bits per heavy atom. The monoisotopic (exact) mass is 842 g/mol. The molecule has 0 spiro atoms. The van der Waals surface area contributed by atoms with Crippen molar-refractivity contribution in [2.75, 3.05) is 33.5 Å². The maximum absolute atomic E-state index is 12.6. The molecule has 0 aromatic heterocycles. The number of esters is 4. The lowest BCUT2D eigenvalue weighted by molar-refractivity contribution is -0.138. The number of benzene rings is 4. The first-order valence-corrected chi connectivity index (χ1v) is 19.9. The molecule has 4 aromatic carbocycles. The Kier molecular flexibility index (Phi) is 20.2. The van der Waals surface area contributed by atoms with E-state index in [2.05, 4.69) is 23.4 Å². The quantitative estimate of drug-likeness (QED) is 0.0157. The first-order valence-electron chi connectivity index (χ1n) is 19.9. The predicted octanol–water partition coefficient (Wildman–Crippen LogP) is 8.94. The molecule has 4 rings (SSSR count). The average molecular weight is 843 g/mol. The summed E-state index contributed by atoms with van der Waals surface area (Å²) in [5.41, 5.74) is 3.78. The van der Waals surface area contributed by atoms with Gasteiger partial charge >= 0.3 is 23.9 Å². The minimum Gasteiger partial charge on any atom is -0.494 e. The van der Waals surface area contributed by atoms with Gasteiger partial charge in [0.15, 0.2) is 11.5 Å². The SMILES string of the molecule is C=CC(=O)OCCCCOc1ccc(/C=C/C(=O)Oc2ccc(/C(CC)=N/N=C/c3ccc(OC(=O)/C=C/c4ccc(OCCCCOC(=O)C=C)cc4)c(OC)c3)cc2)cc1. The van der Waals surface area contributed by atoms with Gasteiger partial charge < -0.3 is 33.2 Å². The van der Waals surface area contributed by atoms with Gasteiger partial charge in [-0.1, -0.05) is 44.3 Å².